The van der Waals surface area contributed by atoms with Crippen LogP contribution >= 0.6 is 11.3 Å². The van der Waals surface area contributed by atoms with Crippen molar-refractivity contribution in [1.82, 2.24) is 14.5 Å². The number of benzene rings is 1. The van der Waals surface area contributed by atoms with Gasteiger partial charge in [-0.15, -0.1) is 11.3 Å². The first kappa shape index (κ1) is 16.4. The molecule has 0 aliphatic rings. The van der Waals surface area contributed by atoms with Crippen molar-refractivity contribution in [3.05, 3.63) is 63.7 Å². The third-order valence-corrected chi connectivity index (χ3v) is 5.54. The van der Waals surface area contributed by atoms with E-state index in [-0.39, 0.29) is 11.5 Å². The number of rotatable bonds is 3. The number of anilines is 1. The number of carbonyl (C=O) groups is 1. The Morgan fingerprint density at radius 3 is 2.85 bits per heavy atom. The summed E-state index contributed by atoms with van der Waals surface area (Å²) in [5.41, 5.74) is 1.92. The SMILES string of the molecule is CCn1cnc2sc(C(=O)Nc3cccc4cccnc34)c(C)c2c1=O. The summed E-state index contributed by atoms with van der Waals surface area (Å²) in [5, 5.41) is 4.39. The van der Waals surface area contributed by atoms with Crippen LogP contribution in [-0.4, -0.2) is 20.4 Å². The highest BCUT2D eigenvalue weighted by Crippen LogP contribution is 2.28. The zero-order chi connectivity index (χ0) is 18.3. The molecule has 3 heterocycles. The Balaban J connectivity index is 1.78. The average Bonchev–Trinajstić information content (AvgIpc) is 3.00. The van der Waals surface area contributed by atoms with Crippen LogP contribution < -0.4 is 10.9 Å². The summed E-state index contributed by atoms with van der Waals surface area (Å²) in [6.45, 7) is 4.22. The van der Waals surface area contributed by atoms with Gasteiger partial charge in [-0.3, -0.25) is 19.1 Å². The summed E-state index contributed by atoms with van der Waals surface area (Å²) < 4.78 is 1.54. The largest absolute Gasteiger partial charge is 0.319 e. The molecule has 0 fully saturated rings. The van der Waals surface area contributed by atoms with Crippen LogP contribution in [0.15, 0.2) is 47.7 Å². The summed E-state index contributed by atoms with van der Waals surface area (Å²) in [6, 6.07) is 9.44. The van der Waals surface area contributed by atoms with Gasteiger partial charge in [-0.25, -0.2) is 4.98 Å². The molecule has 4 rings (SSSR count). The molecule has 1 amide bonds. The van der Waals surface area contributed by atoms with E-state index in [0.717, 1.165) is 10.9 Å². The number of amides is 1. The lowest BCUT2D eigenvalue weighted by Crippen LogP contribution is -2.19. The van der Waals surface area contributed by atoms with Crippen LogP contribution in [0, 0.1) is 6.92 Å². The van der Waals surface area contributed by atoms with Gasteiger partial charge in [0.1, 0.15) is 4.83 Å². The highest BCUT2D eigenvalue weighted by Gasteiger charge is 2.20. The minimum Gasteiger partial charge on any atom is -0.319 e. The number of nitrogens with one attached hydrogen (secondary N) is 1. The number of aryl methyl sites for hydroxylation is 2. The molecule has 3 aromatic heterocycles. The van der Waals surface area contributed by atoms with Gasteiger partial charge in [-0.05, 0) is 31.5 Å². The van der Waals surface area contributed by atoms with Crippen molar-refractivity contribution in [3.8, 4) is 0 Å². The first-order valence-corrected chi connectivity index (χ1v) is 9.05. The molecule has 0 aliphatic carbocycles. The second kappa shape index (κ2) is 6.34. The predicted octanol–water partition coefficient (Wildman–Crippen LogP) is 3.59. The lowest BCUT2D eigenvalue weighted by Gasteiger charge is -2.07. The van der Waals surface area contributed by atoms with Gasteiger partial charge in [0.2, 0.25) is 0 Å². The maximum Gasteiger partial charge on any atom is 0.266 e. The second-order valence-electron chi connectivity index (χ2n) is 5.91. The van der Waals surface area contributed by atoms with Crippen molar-refractivity contribution in [3.63, 3.8) is 0 Å². The van der Waals surface area contributed by atoms with Gasteiger partial charge in [0.05, 0.1) is 27.8 Å². The van der Waals surface area contributed by atoms with Gasteiger partial charge in [0.15, 0.2) is 0 Å². The van der Waals surface area contributed by atoms with E-state index in [4.69, 9.17) is 0 Å². The number of hydrogen-bond acceptors (Lipinski definition) is 5. The van der Waals surface area contributed by atoms with Crippen LogP contribution in [0.4, 0.5) is 5.69 Å². The van der Waals surface area contributed by atoms with Gasteiger partial charge in [-0.1, -0.05) is 18.2 Å². The minimum atomic E-state index is -0.258. The van der Waals surface area contributed by atoms with E-state index in [9.17, 15) is 9.59 Å². The fraction of sp³-hybridized carbons (Fsp3) is 0.158. The first-order valence-electron chi connectivity index (χ1n) is 8.23. The molecule has 6 nitrogen and oxygen atoms in total. The van der Waals surface area contributed by atoms with Gasteiger partial charge in [-0.2, -0.15) is 0 Å². The highest BCUT2D eigenvalue weighted by atomic mass is 32.1. The van der Waals surface area contributed by atoms with E-state index in [1.807, 2.05) is 37.3 Å². The molecule has 1 aromatic carbocycles. The standard InChI is InChI=1S/C19H16N4O2S/c1-3-23-10-21-18-14(19(23)25)11(2)16(26-18)17(24)22-13-8-4-6-12-7-5-9-20-15(12)13/h4-10H,3H2,1-2H3,(H,22,24). The maximum absolute atomic E-state index is 12.8. The van der Waals surface area contributed by atoms with Gasteiger partial charge >= 0.3 is 0 Å². The average molecular weight is 364 g/mol. The Morgan fingerprint density at radius 2 is 2.04 bits per heavy atom. The quantitative estimate of drug-likeness (QED) is 0.603. The molecular formula is C19H16N4O2S. The molecule has 0 saturated carbocycles. The van der Waals surface area contributed by atoms with E-state index in [2.05, 4.69) is 15.3 Å². The third kappa shape index (κ3) is 2.57. The molecule has 0 saturated heterocycles. The topological polar surface area (TPSA) is 76.9 Å². The van der Waals surface area contributed by atoms with Crippen molar-refractivity contribution in [2.24, 2.45) is 0 Å². The second-order valence-corrected chi connectivity index (χ2v) is 6.91. The molecular weight excluding hydrogens is 348 g/mol. The fourth-order valence-electron chi connectivity index (χ4n) is 2.99. The van der Waals surface area contributed by atoms with E-state index in [1.165, 1.54) is 17.7 Å². The summed E-state index contributed by atoms with van der Waals surface area (Å²) in [5.74, 6) is -0.258. The Labute approximate surface area is 153 Å². The van der Waals surface area contributed by atoms with Crippen LogP contribution in [-0.2, 0) is 6.54 Å². The van der Waals surface area contributed by atoms with Crippen LogP contribution in [0.25, 0.3) is 21.1 Å². The number of pyridine rings is 1. The number of nitrogens with zero attached hydrogens (tertiary/aromatic N) is 3. The molecule has 130 valence electrons. The van der Waals surface area contributed by atoms with Gasteiger partial charge < -0.3 is 5.32 Å². The lowest BCUT2D eigenvalue weighted by atomic mass is 10.1. The number of aromatic nitrogens is 3. The number of fused-ring (bicyclic) bond motifs is 2. The zero-order valence-corrected chi connectivity index (χ0v) is 15.1. The molecule has 0 spiro atoms. The molecule has 0 aliphatic heterocycles. The van der Waals surface area contributed by atoms with Crippen molar-refractivity contribution < 1.29 is 4.79 Å². The Kier molecular flexibility index (Phi) is 4.00. The summed E-state index contributed by atoms with van der Waals surface area (Å²) in [7, 11) is 0. The van der Waals surface area contributed by atoms with Crippen molar-refractivity contribution in [2.45, 2.75) is 20.4 Å². The molecule has 0 atom stereocenters. The molecule has 0 unspecified atom stereocenters. The third-order valence-electron chi connectivity index (χ3n) is 4.35. The Bertz CT molecular complexity index is 1200. The molecule has 1 N–H and O–H groups in total. The predicted molar refractivity (Wildman–Crippen MR) is 104 cm³/mol. The van der Waals surface area contributed by atoms with E-state index in [0.29, 0.717) is 32.9 Å². The first-order chi connectivity index (χ1) is 12.6. The van der Waals surface area contributed by atoms with Crippen molar-refractivity contribution in [1.29, 1.82) is 0 Å². The maximum atomic E-state index is 12.8. The lowest BCUT2D eigenvalue weighted by molar-refractivity contribution is 0.103. The van der Waals surface area contributed by atoms with Gasteiger partial charge in [0, 0.05) is 18.1 Å². The number of thiophene rings is 1. The fourth-order valence-corrected chi connectivity index (χ4v) is 4.02. The van der Waals surface area contributed by atoms with E-state index >= 15 is 0 Å². The van der Waals surface area contributed by atoms with E-state index in [1.54, 1.807) is 17.7 Å². The molecule has 26 heavy (non-hydrogen) atoms. The van der Waals surface area contributed by atoms with Crippen molar-refractivity contribution in [2.75, 3.05) is 5.32 Å². The molecule has 7 heteroatoms. The van der Waals surface area contributed by atoms with Gasteiger partial charge in [0.25, 0.3) is 11.5 Å². The van der Waals surface area contributed by atoms with Crippen LogP contribution in [0.5, 0.6) is 0 Å². The summed E-state index contributed by atoms with van der Waals surface area (Å²) in [6.07, 6.45) is 3.22. The number of carbonyl (C=O) groups excluding carboxylic acids is 1. The van der Waals surface area contributed by atoms with Crippen LogP contribution in [0.1, 0.15) is 22.2 Å². The number of para-hydroxylation sites is 1. The number of hydrogen-bond donors (Lipinski definition) is 1. The summed E-state index contributed by atoms with van der Waals surface area (Å²) in [4.78, 5) is 35.1. The minimum absolute atomic E-state index is 0.114. The Hall–Kier alpha value is -3.06. The van der Waals surface area contributed by atoms with Crippen molar-refractivity contribution >= 4 is 44.1 Å². The molecule has 4 aromatic rings. The molecule has 0 bridgehead atoms. The zero-order valence-electron chi connectivity index (χ0n) is 14.3. The summed E-state index contributed by atoms with van der Waals surface area (Å²) >= 11 is 1.23. The Morgan fingerprint density at radius 1 is 1.23 bits per heavy atom. The normalized spacial score (nSPS) is 11.2. The smallest absolute Gasteiger partial charge is 0.266 e. The van der Waals surface area contributed by atoms with Crippen LogP contribution in [0.3, 0.4) is 0 Å². The highest BCUT2D eigenvalue weighted by molar-refractivity contribution is 7.20. The monoisotopic (exact) mass is 364 g/mol. The van der Waals surface area contributed by atoms with Crippen LogP contribution in [0.2, 0.25) is 0 Å². The molecule has 0 radical (unpaired) electrons. The van der Waals surface area contributed by atoms with E-state index < -0.39 is 0 Å².